The molecule has 1 aliphatic carbocycles. The predicted molar refractivity (Wildman–Crippen MR) is 115 cm³/mol. The zero-order valence-electron chi connectivity index (χ0n) is 16.5. The third kappa shape index (κ3) is 3.79. The highest BCUT2D eigenvalue weighted by atomic mass is 32.2. The molecule has 1 saturated carbocycles. The van der Waals surface area contributed by atoms with Crippen molar-refractivity contribution in [2.45, 2.75) is 24.6 Å². The second-order valence-electron chi connectivity index (χ2n) is 7.17. The maximum absolute atomic E-state index is 12.8. The fourth-order valence-electron chi connectivity index (χ4n) is 3.63. The first-order chi connectivity index (χ1) is 14.1. The Labute approximate surface area is 174 Å². The van der Waals surface area contributed by atoms with Crippen LogP contribution in [0.3, 0.4) is 0 Å². The molecule has 1 atom stereocenters. The molecule has 7 heteroatoms. The number of carbonyl (C=O) groups excluding carboxylic acids is 2. The minimum Gasteiger partial charge on any atom is -0.497 e. The summed E-state index contributed by atoms with van der Waals surface area (Å²) < 4.78 is 10.8. The largest absolute Gasteiger partial charge is 0.497 e. The van der Waals surface area contributed by atoms with E-state index >= 15 is 0 Å². The second-order valence-corrected chi connectivity index (χ2v) is 8.24. The van der Waals surface area contributed by atoms with E-state index in [-0.39, 0.29) is 23.1 Å². The van der Waals surface area contributed by atoms with Crippen LogP contribution in [0.4, 0.5) is 11.4 Å². The molecule has 6 nitrogen and oxygen atoms in total. The van der Waals surface area contributed by atoms with Crippen LogP contribution in [-0.4, -0.2) is 31.8 Å². The maximum Gasteiger partial charge on any atom is 0.238 e. The highest BCUT2D eigenvalue weighted by Gasteiger charge is 2.37. The highest BCUT2D eigenvalue weighted by Crippen LogP contribution is 2.47. The van der Waals surface area contributed by atoms with Gasteiger partial charge in [-0.2, -0.15) is 0 Å². The Bertz CT molecular complexity index is 929. The second kappa shape index (κ2) is 8.37. The van der Waals surface area contributed by atoms with Crippen LogP contribution in [0.15, 0.2) is 42.5 Å². The maximum atomic E-state index is 12.8. The van der Waals surface area contributed by atoms with Crippen LogP contribution in [0.2, 0.25) is 0 Å². The van der Waals surface area contributed by atoms with Gasteiger partial charge in [0, 0.05) is 23.2 Å². The molecule has 2 aromatic carbocycles. The minimum atomic E-state index is -0.248. The summed E-state index contributed by atoms with van der Waals surface area (Å²) in [6.45, 7) is 0. The first-order valence-electron chi connectivity index (χ1n) is 9.68. The molecule has 1 saturated heterocycles. The number of thioether (sulfide) groups is 1. The van der Waals surface area contributed by atoms with Crippen molar-refractivity contribution in [1.29, 1.82) is 0 Å². The number of nitrogens with one attached hydrogen (secondary N) is 1. The summed E-state index contributed by atoms with van der Waals surface area (Å²) in [5.41, 5.74) is 2.36. The van der Waals surface area contributed by atoms with Gasteiger partial charge in [-0.25, -0.2) is 0 Å². The van der Waals surface area contributed by atoms with Crippen molar-refractivity contribution >= 4 is 35.0 Å². The molecule has 1 N–H and O–H groups in total. The summed E-state index contributed by atoms with van der Waals surface area (Å²) in [6, 6.07) is 13.1. The Hall–Kier alpha value is -2.67. The van der Waals surface area contributed by atoms with E-state index in [0.29, 0.717) is 22.9 Å². The summed E-state index contributed by atoms with van der Waals surface area (Å²) in [5.74, 6) is 1.76. The Morgan fingerprint density at radius 1 is 1.14 bits per heavy atom. The number of nitrogens with zero attached hydrogens (tertiary/aromatic N) is 1. The minimum absolute atomic E-state index is 0.00332. The molecule has 2 fully saturated rings. The number of ether oxygens (including phenoxy) is 2. The van der Waals surface area contributed by atoms with Crippen molar-refractivity contribution in [3.8, 4) is 11.5 Å². The molecule has 0 bridgehead atoms. The molecule has 0 unspecified atom stereocenters. The van der Waals surface area contributed by atoms with Crippen molar-refractivity contribution < 1.29 is 19.1 Å². The topological polar surface area (TPSA) is 67.9 Å². The fraction of sp³-hybridized carbons (Fsp3) is 0.364. The Kier molecular flexibility index (Phi) is 5.67. The molecule has 1 aliphatic heterocycles. The fourth-order valence-corrected chi connectivity index (χ4v) is 4.83. The van der Waals surface area contributed by atoms with Gasteiger partial charge in [0.05, 0.1) is 25.7 Å². The van der Waals surface area contributed by atoms with Crippen LogP contribution < -0.4 is 19.7 Å². The average Bonchev–Trinajstić information content (AvgIpc) is 3.07. The molecule has 1 heterocycles. The lowest BCUT2D eigenvalue weighted by Crippen LogP contribution is -2.31. The van der Waals surface area contributed by atoms with Crippen LogP contribution in [0.25, 0.3) is 0 Å². The van der Waals surface area contributed by atoms with E-state index in [1.54, 1.807) is 36.9 Å². The molecular formula is C22H24N2O4S. The monoisotopic (exact) mass is 412 g/mol. The van der Waals surface area contributed by atoms with Crippen LogP contribution in [-0.2, 0) is 9.59 Å². The van der Waals surface area contributed by atoms with E-state index in [9.17, 15) is 9.59 Å². The Morgan fingerprint density at radius 3 is 2.62 bits per heavy atom. The molecular weight excluding hydrogens is 388 g/mol. The van der Waals surface area contributed by atoms with E-state index in [1.807, 2.05) is 36.4 Å². The van der Waals surface area contributed by atoms with Crippen LogP contribution in [0, 0.1) is 5.92 Å². The number of hydrogen-bond donors (Lipinski definition) is 1. The van der Waals surface area contributed by atoms with Gasteiger partial charge in [-0.1, -0.05) is 24.6 Å². The van der Waals surface area contributed by atoms with Gasteiger partial charge >= 0.3 is 0 Å². The van der Waals surface area contributed by atoms with Gasteiger partial charge in [0.15, 0.2) is 0 Å². The summed E-state index contributed by atoms with van der Waals surface area (Å²) in [6.07, 6.45) is 3.00. The van der Waals surface area contributed by atoms with Crippen molar-refractivity contribution in [2.75, 3.05) is 30.2 Å². The Balaban J connectivity index is 1.68. The third-order valence-electron chi connectivity index (χ3n) is 5.47. The SMILES string of the molecule is COc1ccc(N2C(=O)CS[C@H]2c2ccccc2NC(=O)C2CCC2)c(OC)c1. The lowest BCUT2D eigenvalue weighted by atomic mass is 9.85. The number of rotatable bonds is 6. The zero-order chi connectivity index (χ0) is 20.4. The van der Waals surface area contributed by atoms with Gasteiger partial charge in [0.25, 0.3) is 0 Å². The van der Waals surface area contributed by atoms with E-state index in [2.05, 4.69) is 5.32 Å². The smallest absolute Gasteiger partial charge is 0.238 e. The van der Waals surface area contributed by atoms with E-state index < -0.39 is 0 Å². The first kappa shape index (κ1) is 19.6. The molecule has 0 aromatic heterocycles. The lowest BCUT2D eigenvalue weighted by Gasteiger charge is -2.29. The highest BCUT2D eigenvalue weighted by molar-refractivity contribution is 8.00. The van der Waals surface area contributed by atoms with Crippen molar-refractivity contribution in [3.63, 3.8) is 0 Å². The molecule has 0 radical (unpaired) electrons. The van der Waals surface area contributed by atoms with Gasteiger partial charge in [0.1, 0.15) is 16.9 Å². The van der Waals surface area contributed by atoms with Crippen molar-refractivity contribution in [1.82, 2.24) is 0 Å². The Morgan fingerprint density at radius 2 is 1.93 bits per heavy atom. The summed E-state index contributed by atoms with van der Waals surface area (Å²) in [5, 5.41) is 2.83. The van der Waals surface area contributed by atoms with Crippen LogP contribution in [0.5, 0.6) is 11.5 Å². The average molecular weight is 413 g/mol. The third-order valence-corrected chi connectivity index (χ3v) is 6.67. The molecule has 0 spiro atoms. The summed E-state index contributed by atoms with van der Waals surface area (Å²) in [4.78, 5) is 27.1. The van der Waals surface area contributed by atoms with E-state index in [4.69, 9.17) is 9.47 Å². The van der Waals surface area contributed by atoms with Gasteiger partial charge in [-0.15, -0.1) is 11.8 Å². The molecule has 2 aromatic rings. The van der Waals surface area contributed by atoms with Gasteiger partial charge < -0.3 is 14.8 Å². The molecule has 29 heavy (non-hydrogen) atoms. The van der Waals surface area contributed by atoms with Crippen LogP contribution >= 0.6 is 11.8 Å². The standard InChI is InChI=1S/C22H24N2O4S/c1-27-15-10-11-18(19(12-15)28-2)24-20(25)13-29-22(24)16-8-3-4-9-17(16)23-21(26)14-6-5-7-14/h3-4,8-12,14,22H,5-7,13H2,1-2H3,(H,23,26)/t22-/m0/s1. The number of carbonyl (C=O) groups is 2. The van der Waals surface area contributed by atoms with Crippen molar-refractivity contribution in [3.05, 3.63) is 48.0 Å². The molecule has 4 rings (SSSR count). The van der Waals surface area contributed by atoms with Gasteiger partial charge in [-0.05, 0) is 31.0 Å². The number of hydrogen-bond acceptors (Lipinski definition) is 5. The summed E-state index contributed by atoms with van der Waals surface area (Å²) >= 11 is 1.54. The van der Waals surface area contributed by atoms with Gasteiger partial charge in [-0.3, -0.25) is 14.5 Å². The summed E-state index contributed by atoms with van der Waals surface area (Å²) in [7, 11) is 3.17. The normalized spacial score (nSPS) is 19.0. The number of amides is 2. The van der Waals surface area contributed by atoms with Crippen molar-refractivity contribution in [2.24, 2.45) is 5.92 Å². The molecule has 152 valence electrons. The van der Waals surface area contributed by atoms with Gasteiger partial charge in [0.2, 0.25) is 11.8 Å². The van der Waals surface area contributed by atoms with E-state index in [1.165, 1.54) is 0 Å². The lowest BCUT2D eigenvalue weighted by molar-refractivity contribution is -0.122. The quantitative estimate of drug-likeness (QED) is 0.769. The van der Waals surface area contributed by atoms with E-state index in [0.717, 1.165) is 30.5 Å². The number of anilines is 2. The number of methoxy groups -OCH3 is 2. The molecule has 2 aliphatic rings. The first-order valence-corrected chi connectivity index (χ1v) is 10.7. The predicted octanol–water partition coefficient (Wildman–Crippen LogP) is 4.22. The number of benzene rings is 2. The molecule has 2 amide bonds. The van der Waals surface area contributed by atoms with Crippen LogP contribution in [0.1, 0.15) is 30.2 Å². The number of para-hydroxylation sites is 1. The zero-order valence-corrected chi connectivity index (χ0v) is 17.3.